The normalized spacial score (nSPS) is 11.3. The van der Waals surface area contributed by atoms with Crippen molar-refractivity contribution in [3.63, 3.8) is 0 Å². The maximum Gasteiger partial charge on any atom is 0.324 e. The summed E-state index contributed by atoms with van der Waals surface area (Å²) in [7, 11) is -4.28. The van der Waals surface area contributed by atoms with Gasteiger partial charge in [0.15, 0.2) is 0 Å². The molecule has 0 bridgehead atoms. The van der Waals surface area contributed by atoms with Gasteiger partial charge in [0.05, 0.1) is 21.1 Å². The first-order chi connectivity index (χ1) is 13.2. The van der Waals surface area contributed by atoms with Crippen LogP contribution in [0.3, 0.4) is 0 Å². The number of hydrogen-bond donors (Lipinski definition) is 1. The summed E-state index contributed by atoms with van der Waals surface area (Å²) >= 11 is 0. The minimum Gasteiger partial charge on any atom is -0.480 e. The number of fused-ring (bicyclic) bond motifs is 1. The Labute approximate surface area is 160 Å². The first-order valence-corrected chi connectivity index (χ1v) is 9.63. The van der Waals surface area contributed by atoms with Crippen LogP contribution in [-0.2, 0) is 14.8 Å². The average molecular weight is 400 g/mol. The van der Waals surface area contributed by atoms with Crippen LogP contribution in [-0.4, -0.2) is 31.0 Å². The third-order valence-corrected chi connectivity index (χ3v) is 6.09. The highest BCUT2D eigenvalue weighted by Gasteiger charge is 2.30. The third kappa shape index (κ3) is 3.52. The lowest BCUT2D eigenvalue weighted by Gasteiger charge is -2.24. The first-order valence-electron chi connectivity index (χ1n) is 8.19. The zero-order valence-corrected chi connectivity index (χ0v) is 15.6. The number of carbonyl (C=O) groups is 1. The summed E-state index contributed by atoms with van der Waals surface area (Å²) in [5, 5.41) is 22.0. The molecule has 0 aliphatic carbocycles. The van der Waals surface area contributed by atoms with Crippen molar-refractivity contribution in [2.24, 2.45) is 0 Å². The Balaban J connectivity index is 2.19. The fourth-order valence-corrected chi connectivity index (χ4v) is 4.46. The lowest BCUT2D eigenvalue weighted by Crippen LogP contribution is -2.36. The van der Waals surface area contributed by atoms with E-state index in [2.05, 4.69) is 0 Å². The zero-order valence-electron chi connectivity index (χ0n) is 14.8. The van der Waals surface area contributed by atoms with Crippen LogP contribution in [0, 0.1) is 17.0 Å². The molecule has 0 saturated carbocycles. The molecular formula is C19H16N2O6S. The molecule has 0 fully saturated rings. The highest BCUT2D eigenvalue weighted by molar-refractivity contribution is 7.92. The second-order valence-electron chi connectivity index (χ2n) is 6.09. The molecule has 0 amide bonds. The van der Waals surface area contributed by atoms with Crippen LogP contribution in [0.25, 0.3) is 10.8 Å². The van der Waals surface area contributed by atoms with Crippen molar-refractivity contribution in [2.45, 2.75) is 11.8 Å². The number of nitro groups is 1. The lowest BCUT2D eigenvalue weighted by atomic mass is 10.1. The molecule has 3 aromatic rings. The van der Waals surface area contributed by atoms with Crippen molar-refractivity contribution in [1.29, 1.82) is 0 Å². The number of anilines is 1. The summed E-state index contributed by atoms with van der Waals surface area (Å²) < 4.78 is 27.2. The Morgan fingerprint density at radius 2 is 1.75 bits per heavy atom. The highest BCUT2D eigenvalue weighted by atomic mass is 32.2. The number of sulfonamides is 1. The molecule has 0 heterocycles. The van der Waals surface area contributed by atoms with E-state index in [-0.39, 0.29) is 21.8 Å². The molecule has 3 aromatic carbocycles. The molecule has 0 unspecified atom stereocenters. The van der Waals surface area contributed by atoms with Gasteiger partial charge in [0.2, 0.25) is 0 Å². The minimum absolute atomic E-state index is 0.0511. The van der Waals surface area contributed by atoms with Gasteiger partial charge in [-0.25, -0.2) is 8.42 Å². The molecule has 0 atom stereocenters. The van der Waals surface area contributed by atoms with Gasteiger partial charge in [-0.1, -0.05) is 36.4 Å². The number of nitro benzene ring substituents is 1. The monoisotopic (exact) mass is 400 g/mol. The van der Waals surface area contributed by atoms with Gasteiger partial charge in [0.25, 0.3) is 15.7 Å². The molecule has 3 rings (SSSR count). The van der Waals surface area contributed by atoms with Crippen molar-refractivity contribution in [2.75, 3.05) is 10.8 Å². The van der Waals surface area contributed by atoms with Crippen molar-refractivity contribution in [1.82, 2.24) is 0 Å². The highest BCUT2D eigenvalue weighted by Crippen LogP contribution is 2.32. The summed E-state index contributed by atoms with van der Waals surface area (Å²) in [5.74, 6) is -1.38. The summed E-state index contributed by atoms with van der Waals surface area (Å²) in [6.45, 7) is 0.523. The fraction of sp³-hybridized carbons (Fsp3) is 0.105. The number of aliphatic carboxylic acids is 1. The van der Waals surface area contributed by atoms with E-state index in [1.807, 2.05) is 12.1 Å². The van der Waals surface area contributed by atoms with E-state index in [1.165, 1.54) is 37.3 Å². The predicted octanol–water partition coefficient (Wildman–Crippen LogP) is 3.34. The first kappa shape index (κ1) is 19.3. The van der Waals surface area contributed by atoms with E-state index < -0.39 is 27.5 Å². The Kier molecular flexibility index (Phi) is 5.02. The minimum atomic E-state index is -4.28. The third-order valence-electron chi connectivity index (χ3n) is 4.33. The van der Waals surface area contributed by atoms with Crippen LogP contribution >= 0.6 is 0 Å². The van der Waals surface area contributed by atoms with E-state index in [9.17, 15) is 28.4 Å². The standard InChI is InChI=1S/C19H16N2O6S/c1-13-17(7-4-8-18(13)21(24)25)20(12-19(22)23)28(26,27)16-10-9-14-5-2-3-6-15(14)11-16/h2-11H,12H2,1H3,(H,22,23). The van der Waals surface area contributed by atoms with Gasteiger partial charge < -0.3 is 5.11 Å². The van der Waals surface area contributed by atoms with Crippen LogP contribution < -0.4 is 4.31 Å². The lowest BCUT2D eigenvalue weighted by molar-refractivity contribution is -0.385. The van der Waals surface area contributed by atoms with Crippen molar-refractivity contribution < 1.29 is 23.2 Å². The van der Waals surface area contributed by atoms with Gasteiger partial charge in [-0.2, -0.15) is 0 Å². The van der Waals surface area contributed by atoms with E-state index >= 15 is 0 Å². The van der Waals surface area contributed by atoms with Crippen LogP contribution in [0.5, 0.6) is 0 Å². The molecule has 0 aliphatic heterocycles. The van der Waals surface area contributed by atoms with Gasteiger partial charge in [-0.05, 0) is 35.9 Å². The molecule has 0 saturated heterocycles. The molecule has 8 nitrogen and oxygen atoms in total. The molecule has 0 radical (unpaired) electrons. The number of rotatable bonds is 6. The maximum absolute atomic E-state index is 13.2. The molecule has 28 heavy (non-hydrogen) atoms. The van der Waals surface area contributed by atoms with Crippen molar-refractivity contribution >= 4 is 38.1 Å². The SMILES string of the molecule is Cc1c(N(CC(=O)O)S(=O)(=O)c2ccc3ccccc3c2)cccc1[N+](=O)[O-]. The van der Waals surface area contributed by atoms with Gasteiger partial charge in [0.1, 0.15) is 6.54 Å². The van der Waals surface area contributed by atoms with Crippen molar-refractivity contribution in [3.8, 4) is 0 Å². The molecule has 9 heteroatoms. The topological polar surface area (TPSA) is 118 Å². The molecule has 1 N–H and O–H groups in total. The Morgan fingerprint density at radius 3 is 2.39 bits per heavy atom. The molecule has 0 aliphatic rings. The molecule has 0 aromatic heterocycles. The zero-order chi connectivity index (χ0) is 20.5. The van der Waals surface area contributed by atoms with Gasteiger partial charge in [0, 0.05) is 6.07 Å². The molecular weight excluding hydrogens is 384 g/mol. The van der Waals surface area contributed by atoms with Crippen LogP contribution in [0.4, 0.5) is 11.4 Å². The Morgan fingerprint density at radius 1 is 1.07 bits per heavy atom. The fourth-order valence-electron chi connectivity index (χ4n) is 2.96. The smallest absolute Gasteiger partial charge is 0.324 e. The summed E-state index contributed by atoms with van der Waals surface area (Å²) in [4.78, 5) is 21.8. The maximum atomic E-state index is 13.2. The number of nitrogens with zero attached hydrogens (tertiary/aromatic N) is 2. The van der Waals surface area contributed by atoms with Crippen LogP contribution in [0.15, 0.2) is 65.6 Å². The predicted molar refractivity (Wildman–Crippen MR) is 104 cm³/mol. The largest absolute Gasteiger partial charge is 0.480 e. The summed E-state index contributed by atoms with van der Waals surface area (Å²) in [5.41, 5.74) is -0.274. The summed E-state index contributed by atoms with van der Waals surface area (Å²) in [6.07, 6.45) is 0. The van der Waals surface area contributed by atoms with E-state index in [1.54, 1.807) is 18.2 Å². The molecule has 0 spiro atoms. The number of carboxylic acid groups (broad SMARTS) is 1. The Hall–Kier alpha value is -3.46. The quantitative estimate of drug-likeness (QED) is 0.501. The van der Waals surface area contributed by atoms with E-state index in [0.717, 1.165) is 5.39 Å². The Bertz CT molecular complexity index is 1190. The van der Waals surface area contributed by atoms with E-state index in [0.29, 0.717) is 9.69 Å². The van der Waals surface area contributed by atoms with Gasteiger partial charge >= 0.3 is 5.97 Å². The van der Waals surface area contributed by atoms with Gasteiger partial charge in [-0.15, -0.1) is 0 Å². The molecule has 144 valence electrons. The van der Waals surface area contributed by atoms with Gasteiger partial charge in [-0.3, -0.25) is 19.2 Å². The van der Waals surface area contributed by atoms with E-state index in [4.69, 9.17) is 0 Å². The number of benzene rings is 3. The van der Waals surface area contributed by atoms with Crippen LogP contribution in [0.1, 0.15) is 5.56 Å². The van der Waals surface area contributed by atoms with Crippen molar-refractivity contribution in [3.05, 3.63) is 76.3 Å². The average Bonchev–Trinajstić information content (AvgIpc) is 2.65. The second-order valence-corrected chi connectivity index (χ2v) is 7.96. The van der Waals surface area contributed by atoms with Crippen LogP contribution in [0.2, 0.25) is 0 Å². The number of carboxylic acids is 1. The second kappa shape index (κ2) is 7.28. The summed E-state index contributed by atoms with van der Waals surface area (Å²) in [6, 6.07) is 15.5. The number of hydrogen-bond acceptors (Lipinski definition) is 5.